The van der Waals surface area contributed by atoms with Crippen molar-refractivity contribution in [1.82, 2.24) is 0 Å². The standard InChI is InChI=1S/C16H13NO6S2/c18-14-10-15(25(21,22)23)12-8-4-5-9-13(12)16(14)17-24(19,20)11-6-2-1-3-7-11/h1-10,17-18H,(H,21,22,23)/p-1. The Bertz CT molecular complexity index is 1160. The van der Waals surface area contributed by atoms with E-state index in [1.807, 2.05) is 0 Å². The van der Waals surface area contributed by atoms with Gasteiger partial charge in [-0.3, -0.25) is 4.72 Å². The lowest BCUT2D eigenvalue weighted by Crippen LogP contribution is -2.13. The molecule has 0 aliphatic rings. The monoisotopic (exact) mass is 378 g/mol. The molecule has 0 atom stereocenters. The molecule has 0 saturated carbocycles. The summed E-state index contributed by atoms with van der Waals surface area (Å²) in [5.41, 5.74) is -0.202. The summed E-state index contributed by atoms with van der Waals surface area (Å²) >= 11 is 0. The fourth-order valence-corrected chi connectivity index (χ4v) is 4.25. The lowest BCUT2D eigenvalue weighted by molar-refractivity contribution is 0.458. The van der Waals surface area contributed by atoms with Crippen molar-refractivity contribution in [1.29, 1.82) is 0 Å². The first-order valence-electron chi connectivity index (χ1n) is 6.98. The second-order valence-corrected chi connectivity index (χ2v) is 8.22. The van der Waals surface area contributed by atoms with E-state index in [2.05, 4.69) is 4.72 Å². The zero-order chi connectivity index (χ0) is 18.2. The normalized spacial score (nSPS) is 12.2. The summed E-state index contributed by atoms with van der Waals surface area (Å²) in [4.78, 5) is -0.651. The molecule has 9 heteroatoms. The number of nitrogens with one attached hydrogen (secondary N) is 1. The highest BCUT2D eigenvalue weighted by Crippen LogP contribution is 2.38. The molecule has 3 rings (SSSR count). The van der Waals surface area contributed by atoms with E-state index in [1.54, 1.807) is 18.2 Å². The van der Waals surface area contributed by atoms with Crippen LogP contribution in [0.1, 0.15) is 0 Å². The SMILES string of the molecule is O=S(=O)([O-])c1cc(O)c(NS(=O)(=O)c2ccccc2)c2ccccc12. The Morgan fingerprint density at radius 3 is 2.00 bits per heavy atom. The first kappa shape index (κ1) is 17.2. The number of hydrogen-bond donors (Lipinski definition) is 2. The largest absolute Gasteiger partial charge is 0.744 e. The zero-order valence-corrected chi connectivity index (χ0v) is 14.2. The smallest absolute Gasteiger partial charge is 0.262 e. The summed E-state index contributed by atoms with van der Waals surface area (Å²) in [7, 11) is -8.86. The van der Waals surface area contributed by atoms with Crippen LogP contribution in [0, 0.1) is 0 Å². The molecular weight excluding hydrogens is 366 g/mol. The maximum Gasteiger partial charge on any atom is 0.262 e. The lowest BCUT2D eigenvalue weighted by Gasteiger charge is -2.16. The fraction of sp³-hybridized carbons (Fsp3) is 0. The molecule has 3 aromatic carbocycles. The Balaban J connectivity index is 2.24. The van der Waals surface area contributed by atoms with Crippen molar-refractivity contribution in [2.45, 2.75) is 9.79 Å². The number of benzene rings is 3. The van der Waals surface area contributed by atoms with Crippen LogP contribution in [-0.2, 0) is 20.1 Å². The van der Waals surface area contributed by atoms with Crippen LogP contribution in [0.4, 0.5) is 5.69 Å². The molecule has 0 aliphatic carbocycles. The third kappa shape index (κ3) is 3.29. The Morgan fingerprint density at radius 1 is 0.840 bits per heavy atom. The van der Waals surface area contributed by atoms with E-state index in [9.17, 15) is 26.5 Å². The maximum atomic E-state index is 12.5. The Kier molecular flexibility index (Phi) is 4.15. The van der Waals surface area contributed by atoms with Crippen molar-refractivity contribution >= 4 is 36.6 Å². The van der Waals surface area contributed by atoms with Crippen LogP contribution in [0.5, 0.6) is 5.75 Å². The van der Waals surface area contributed by atoms with E-state index in [4.69, 9.17) is 0 Å². The van der Waals surface area contributed by atoms with Crippen molar-refractivity contribution < 1.29 is 26.5 Å². The number of hydrogen-bond acceptors (Lipinski definition) is 6. The molecule has 0 aliphatic heterocycles. The molecule has 0 amide bonds. The van der Waals surface area contributed by atoms with E-state index in [0.29, 0.717) is 0 Å². The van der Waals surface area contributed by atoms with Gasteiger partial charge >= 0.3 is 0 Å². The summed E-state index contributed by atoms with van der Waals surface area (Å²) in [6, 6.07) is 14.0. The first-order chi connectivity index (χ1) is 11.7. The van der Waals surface area contributed by atoms with Crippen LogP contribution >= 0.6 is 0 Å². The van der Waals surface area contributed by atoms with E-state index in [-0.39, 0.29) is 21.4 Å². The minimum atomic E-state index is -4.85. The van der Waals surface area contributed by atoms with Crippen LogP contribution in [-0.4, -0.2) is 26.5 Å². The van der Waals surface area contributed by atoms with Crippen molar-refractivity contribution in [3.05, 3.63) is 60.7 Å². The van der Waals surface area contributed by atoms with Gasteiger partial charge in [0.1, 0.15) is 15.9 Å². The Labute approximate surface area is 144 Å². The van der Waals surface area contributed by atoms with Gasteiger partial charge in [0.15, 0.2) is 0 Å². The minimum absolute atomic E-state index is 0.0149. The van der Waals surface area contributed by atoms with Crippen molar-refractivity contribution in [3.8, 4) is 5.75 Å². The molecule has 130 valence electrons. The van der Waals surface area contributed by atoms with Crippen LogP contribution in [0.15, 0.2) is 70.5 Å². The predicted octanol–water partition coefficient (Wildman–Crippen LogP) is 2.25. The van der Waals surface area contributed by atoms with Crippen LogP contribution in [0.2, 0.25) is 0 Å². The third-order valence-corrected chi connectivity index (χ3v) is 5.79. The molecule has 7 nitrogen and oxygen atoms in total. The minimum Gasteiger partial charge on any atom is -0.744 e. The molecule has 3 aromatic rings. The molecule has 0 radical (unpaired) electrons. The quantitative estimate of drug-likeness (QED) is 0.530. The highest BCUT2D eigenvalue weighted by molar-refractivity contribution is 7.92. The van der Waals surface area contributed by atoms with Gasteiger partial charge in [0, 0.05) is 16.8 Å². The van der Waals surface area contributed by atoms with Crippen molar-refractivity contribution in [2.75, 3.05) is 4.72 Å². The van der Waals surface area contributed by atoms with Crippen molar-refractivity contribution in [3.63, 3.8) is 0 Å². The molecule has 25 heavy (non-hydrogen) atoms. The van der Waals surface area contributed by atoms with Crippen LogP contribution < -0.4 is 4.72 Å². The topological polar surface area (TPSA) is 124 Å². The van der Waals surface area contributed by atoms with Crippen LogP contribution in [0.3, 0.4) is 0 Å². The van der Waals surface area contributed by atoms with E-state index in [1.165, 1.54) is 36.4 Å². The van der Waals surface area contributed by atoms with Crippen LogP contribution in [0.25, 0.3) is 10.8 Å². The van der Waals surface area contributed by atoms with E-state index >= 15 is 0 Å². The van der Waals surface area contributed by atoms with E-state index in [0.717, 1.165) is 6.07 Å². The summed E-state index contributed by atoms with van der Waals surface area (Å²) in [5.74, 6) is -0.660. The summed E-state index contributed by atoms with van der Waals surface area (Å²) in [6.45, 7) is 0. The number of phenolic OH excluding ortho intramolecular Hbond substituents is 1. The van der Waals surface area contributed by atoms with Gasteiger partial charge in [0.25, 0.3) is 10.0 Å². The molecule has 0 fully saturated rings. The average Bonchev–Trinajstić information content (AvgIpc) is 2.57. The molecule has 0 unspecified atom stereocenters. The average molecular weight is 378 g/mol. The number of aromatic hydroxyl groups is 1. The fourth-order valence-electron chi connectivity index (χ4n) is 2.44. The summed E-state index contributed by atoms with van der Waals surface area (Å²) < 4.78 is 61.4. The summed E-state index contributed by atoms with van der Waals surface area (Å²) in [6.07, 6.45) is 0. The first-order valence-corrected chi connectivity index (χ1v) is 9.88. The summed E-state index contributed by atoms with van der Waals surface area (Å²) in [5, 5.41) is 10.2. The van der Waals surface area contributed by atoms with E-state index < -0.39 is 30.8 Å². The lowest BCUT2D eigenvalue weighted by atomic mass is 10.1. The van der Waals surface area contributed by atoms with Gasteiger partial charge in [-0.15, -0.1) is 0 Å². The Morgan fingerprint density at radius 2 is 1.40 bits per heavy atom. The second-order valence-electron chi connectivity index (χ2n) is 5.19. The zero-order valence-electron chi connectivity index (χ0n) is 12.6. The number of phenols is 1. The molecule has 0 spiro atoms. The van der Waals surface area contributed by atoms with Gasteiger partial charge in [-0.2, -0.15) is 0 Å². The predicted molar refractivity (Wildman–Crippen MR) is 90.8 cm³/mol. The van der Waals surface area contributed by atoms with Gasteiger partial charge in [-0.1, -0.05) is 42.5 Å². The highest BCUT2D eigenvalue weighted by atomic mass is 32.2. The number of fused-ring (bicyclic) bond motifs is 1. The maximum absolute atomic E-state index is 12.5. The highest BCUT2D eigenvalue weighted by Gasteiger charge is 2.20. The number of anilines is 1. The molecule has 0 aromatic heterocycles. The number of sulfonamides is 1. The Hall–Kier alpha value is -2.62. The number of rotatable bonds is 4. The third-order valence-electron chi connectivity index (χ3n) is 3.55. The van der Waals surface area contributed by atoms with Gasteiger partial charge in [0.2, 0.25) is 0 Å². The van der Waals surface area contributed by atoms with Gasteiger partial charge in [-0.25, -0.2) is 16.8 Å². The van der Waals surface area contributed by atoms with Gasteiger partial charge in [-0.05, 0) is 12.1 Å². The molecule has 0 bridgehead atoms. The second kappa shape index (κ2) is 6.03. The molecule has 0 heterocycles. The molecular formula is C16H12NO6S2-. The van der Waals surface area contributed by atoms with Crippen molar-refractivity contribution in [2.24, 2.45) is 0 Å². The van der Waals surface area contributed by atoms with Gasteiger partial charge in [0.05, 0.1) is 15.5 Å². The molecule has 2 N–H and O–H groups in total. The van der Waals surface area contributed by atoms with Gasteiger partial charge < -0.3 is 9.66 Å². The molecule has 0 saturated heterocycles.